The smallest absolute Gasteiger partial charge is 0.261 e. The van der Waals surface area contributed by atoms with Crippen molar-refractivity contribution in [3.8, 4) is 11.5 Å². The predicted molar refractivity (Wildman–Crippen MR) is 118 cm³/mol. The van der Waals surface area contributed by atoms with Gasteiger partial charge in [0.25, 0.3) is 5.91 Å². The largest absolute Gasteiger partial charge is 0.494 e. The van der Waals surface area contributed by atoms with Gasteiger partial charge in [0, 0.05) is 6.54 Å². The Morgan fingerprint density at radius 2 is 1.72 bits per heavy atom. The van der Waals surface area contributed by atoms with E-state index >= 15 is 0 Å². The summed E-state index contributed by atoms with van der Waals surface area (Å²) in [6, 6.07) is 22.1. The van der Waals surface area contributed by atoms with Gasteiger partial charge in [-0.1, -0.05) is 55.5 Å². The molecule has 0 saturated heterocycles. The topological polar surface area (TPSA) is 47.6 Å². The molecule has 0 aromatic heterocycles. The fourth-order valence-electron chi connectivity index (χ4n) is 3.34. The fraction of sp³-hybridized carbons (Fsp3) is 0.320. The van der Waals surface area contributed by atoms with Gasteiger partial charge in [0.2, 0.25) is 0 Å². The first-order valence-corrected chi connectivity index (χ1v) is 10.3. The van der Waals surface area contributed by atoms with E-state index in [9.17, 15) is 4.79 Å². The fourth-order valence-corrected chi connectivity index (χ4v) is 3.34. The summed E-state index contributed by atoms with van der Waals surface area (Å²) >= 11 is 0. The molecule has 0 fully saturated rings. The summed E-state index contributed by atoms with van der Waals surface area (Å²) in [5.41, 5.74) is 1.17. The van der Waals surface area contributed by atoms with E-state index < -0.39 is 6.10 Å². The van der Waals surface area contributed by atoms with E-state index in [1.54, 1.807) is 0 Å². The summed E-state index contributed by atoms with van der Waals surface area (Å²) in [5.74, 6) is 1.57. The lowest BCUT2D eigenvalue weighted by Crippen LogP contribution is -2.38. The number of fused-ring (bicyclic) bond motifs is 1. The molecule has 4 nitrogen and oxygen atoms in total. The number of hydrogen-bond acceptors (Lipinski definition) is 3. The van der Waals surface area contributed by atoms with Gasteiger partial charge in [-0.3, -0.25) is 4.79 Å². The number of nitrogens with one attached hydrogen (secondary N) is 1. The van der Waals surface area contributed by atoms with Gasteiger partial charge in [-0.2, -0.15) is 0 Å². The first kappa shape index (κ1) is 20.7. The van der Waals surface area contributed by atoms with Crippen LogP contribution in [0, 0.1) is 0 Å². The molecule has 0 aliphatic heterocycles. The normalized spacial score (nSPS) is 11.8. The van der Waals surface area contributed by atoms with Crippen molar-refractivity contribution >= 4 is 16.7 Å². The van der Waals surface area contributed by atoms with E-state index in [-0.39, 0.29) is 5.91 Å². The third-order valence-corrected chi connectivity index (χ3v) is 4.86. The number of hydrogen-bond donors (Lipinski definition) is 1. The number of amides is 1. The van der Waals surface area contributed by atoms with Crippen LogP contribution in [0.5, 0.6) is 11.5 Å². The highest BCUT2D eigenvalue weighted by Crippen LogP contribution is 2.22. The molecule has 0 unspecified atom stereocenters. The minimum absolute atomic E-state index is 0.0706. The van der Waals surface area contributed by atoms with Crippen LogP contribution in [-0.2, 0) is 11.2 Å². The summed E-state index contributed by atoms with van der Waals surface area (Å²) in [4.78, 5) is 12.6. The number of benzene rings is 3. The zero-order chi connectivity index (χ0) is 20.5. The standard InChI is InChI=1S/C25H29NO3/c1-3-23(29-22-16-15-19-10-5-6-12-21(19)18-22)25(27)26-17-9-13-20-11-7-8-14-24(20)28-4-2/h5-8,10-12,14-16,18,23H,3-4,9,13,17H2,1-2H3,(H,26,27)/t23-/m0/s1. The van der Waals surface area contributed by atoms with Crippen molar-refractivity contribution in [2.24, 2.45) is 0 Å². The minimum atomic E-state index is -0.494. The SMILES string of the molecule is CCOc1ccccc1CCCNC(=O)[C@H](CC)Oc1ccc2ccccc2c1. The van der Waals surface area contributed by atoms with Crippen LogP contribution in [0.4, 0.5) is 0 Å². The Kier molecular flexibility index (Phi) is 7.51. The molecular formula is C25H29NO3. The third kappa shape index (κ3) is 5.74. The highest BCUT2D eigenvalue weighted by molar-refractivity contribution is 5.84. The van der Waals surface area contributed by atoms with Gasteiger partial charge in [0.05, 0.1) is 6.61 Å². The molecule has 0 aliphatic carbocycles. The molecule has 1 atom stereocenters. The lowest BCUT2D eigenvalue weighted by atomic mass is 10.1. The first-order valence-electron chi connectivity index (χ1n) is 10.3. The molecule has 29 heavy (non-hydrogen) atoms. The zero-order valence-corrected chi connectivity index (χ0v) is 17.2. The average molecular weight is 392 g/mol. The number of aryl methyl sites for hydroxylation is 1. The molecule has 0 bridgehead atoms. The van der Waals surface area contributed by atoms with Crippen LogP contribution in [0.25, 0.3) is 10.8 Å². The van der Waals surface area contributed by atoms with Gasteiger partial charge in [-0.25, -0.2) is 0 Å². The van der Waals surface area contributed by atoms with Crippen molar-refractivity contribution in [2.45, 2.75) is 39.2 Å². The molecule has 1 N–H and O–H groups in total. The lowest BCUT2D eigenvalue weighted by molar-refractivity contribution is -0.128. The maximum atomic E-state index is 12.6. The Bertz CT molecular complexity index is 938. The molecule has 0 saturated carbocycles. The van der Waals surface area contributed by atoms with Crippen LogP contribution < -0.4 is 14.8 Å². The minimum Gasteiger partial charge on any atom is -0.494 e. The molecule has 0 aliphatic rings. The van der Waals surface area contributed by atoms with Crippen molar-refractivity contribution in [3.63, 3.8) is 0 Å². The molecule has 3 aromatic rings. The van der Waals surface area contributed by atoms with Crippen LogP contribution in [0.3, 0.4) is 0 Å². The quantitative estimate of drug-likeness (QED) is 0.487. The Morgan fingerprint density at radius 1 is 0.966 bits per heavy atom. The Balaban J connectivity index is 1.50. The van der Waals surface area contributed by atoms with E-state index in [0.717, 1.165) is 35.1 Å². The van der Waals surface area contributed by atoms with Crippen molar-refractivity contribution in [1.82, 2.24) is 5.32 Å². The Labute approximate surface area is 172 Å². The molecule has 3 aromatic carbocycles. The first-order chi connectivity index (χ1) is 14.2. The molecule has 1 amide bonds. The average Bonchev–Trinajstić information content (AvgIpc) is 2.76. The highest BCUT2D eigenvalue weighted by atomic mass is 16.5. The summed E-state index contributed by atoms with van der Waals surface area (Å²) < 4.78 is 11.6. The van der Waals surface area contributed by atoms with Gasteiger partial charge < -0.3 is 14.8 Å². The van der Waals surface area contributed by atoms with Crippen LogP contribution in [0.1, 0.15) is 32.3 Å². The van der Waals surface area contributed by atoms with E-state index in [4.69, 9.17) is 9.47 Å². The van der Waals surface area contributed by atoms with E-state index in [1.807, 2.05) is 68.4 Å². The number of rotatable bonds is 10. The van der Waals surface area contributed by atoms with E-state index in [1.165, 1.54) is 5.56 Å². The van der Waals surface area contributed by atoms with Crippen molar-refractivity contribution in [3.05, 3.63) is 72.3 Å². The predicted octanol–water partition coefficient (Wildman–Crippen LogP) is 5.14. The van der Waals surface area contributed by atoms with E-state index in [0.29, 0.717) is 19.6 Å². The van der Waals surface area contributed by atoms with Crippen molar-refractivity contribution in [2.75, 3.05) is 13.2 Å². The van der Waals surface area contributed by atoms with Gasteiger partial charge in [-0.15, -0.1) is 0 Å². The molecule has 3 rings (SSSR count). The lowest BCUT2D eigenvalue weighted by Gasteiger charge is -2.18. The van der Waals surface area contributed by atoms with Gasteiger partial charge in [-0.05, 0) is 60.7 Å². The second-order valence-electron chi connectivity index (χ2n) is 6.96. The number of para-hydroxylation sites is 1. The molecule has 0 radical (unpaired) electrons. The van der Waals surface area contributed by atoms with Gasteiger partial charge >= 0.3 is 0 Å². The molecule has 152 valence electrons. The van der Waals surface area contributed by atoms with Crippen LogP contribution in [0.15, 0.2) is 66.7 Å². The third-order valence-electron chi connectivity index (χ3n) is 4.86. The number of carbonyl (C=O) groups is 1. The van der Waals surface area contributed by atoms with E-state index in [2.05, 4.69) is 17.4 Å². The maximum absolute atomic E-state index is 12.6. The Hall–Kier alpha value is -3.01. The summed E-state index contributed by atoms with van der Waals surface area (Å²) in [7, 11) is 0. The number of carbonyl (C=O) groups excluding carboxylic acids is 1. The van der Waals surface area contributed by atoms with Crippen LogP contribution in [0.2, 0.25) is 0 Å². The molecule has 4 heteroatoms. The second kappa shape index (κ2) is 10.5. The number of ether oxygens (including phenoxy) is 2. The Morgan fingerprint density at radius 3 is 2.52 bits per heavy atom. The summed E-state index contributed by atoms with van der Waals surface area (Å²) in [5, 5.41) is 5.27. The second-order valence-corrected chi connectivity index (χ2v) is 6.96. The molecule has 0 spiro atoms. The van der Waals surface area contributed by atoms with Crippen LogP contribution >= 0.6 is 0 Å². The molecule has 0 heterocycles. The summed E-state index contributed by atoms with van der Waals surface area (Å²) in [6.07, 6.45) is 1.83. The monoisotopic (exact) mass is 391 g/mol. The van der Waals surface area contributed by atoms with Crippen molar-refractivity contribution in [1.29, 1.82) is 0 Å². The molecular weight excluding hydrogens is 362 g/mol. The van der Waals surface area contributed by atoms with Gasteiger partial charge in [0.15, 0.2) is 6.10 Å². The highest BCUT2D eigenvalue weighted by Gasteiger charge is 2.18. The summed E-state index contributed by atoms with van der Waals surface area (Å²) in [6.45, 7) is 5.20. The maximum Gasteiger partial charge on any atom is 0.261 e. The zero-order valence-electron chi connectivity index (χ0n) is 17.2. The van der Waals surface area contributed by atoms with Gasteiger partial charge in [0.1, 0.15) is 11.5 Å². The van der Waals surface area contributed by atoms with Crippen LogP contribution in [-0.4, -0.2) is 25.2 Å². The van der Waals surface area contributed by atoms with Crippen molar-refractivity contribution < 1.29 is 14.3 Å².